The lowest BCUT2D eigenvalue weighted by molar-refractivity contribution is -0.162. The second-order valence-electron chi connectivity index (χ2n) is 12.4. The normalized spacial score (nSPS) is 12.4. The van der Waals surface area contributed by atoms with Gasteiger partial charge in [-0.25, -0.2) is 4.39 Å². The number of esters is 2. The summed E-state index contributed by atoms with van der Waals surface area (Å²) in [6, 6.07) is 4.72. The summed E-state index contributed by atoms with van der Waals surface area (Å²) in [5.74, 6) is -1.97. The molecule has 10 nitrogen and oxygen atoms in total. The molecule has 1 aromatic carbocycles. The Morgan fingerprint density at radius 3 is 1.98 bits per heavy atom. The van der Waals surface area contributed by atoms with Gasteiger partial charge in [-0.15, -0.1) is 0 Å². The minimum absolute atomic E-state index is 0.00810. The van der Waals surface area contributed by atoms with Gasteiger partial charge in [-0.3, -0.25) is 28.2 Å². The molecular weight excluding hydrogens is 568 g/mol. The number of rotatable bonds is 12. The van der Waals surface area contributed by atoms with Crippen LogP contribution in [0, 0.1) is 30.5 Å². The lowest BCUT2D eigenvalue weighted by atomic mass is 9.96. The first-order valence-corrected chi connectivity index (χ1v) is 15.3. The van der Waals surface area contributed by atoms with Gasteiger partial charge < -0.3 is 19.3 Å². The molecule has 0 amide bonds. The van der Waals surface area contributed by atoms with E-state index in [0.29, 0.717) is 34.5 Å². The van der Waals surface area contributed by atoms with E-state index in [1.54, 1.807) is 67.5 Å². The van der Waals surface area contributed by atoms with Crippen molar-refractivity contribution < 1.29 is 46.9 Å². The summed E-state index contributed by atoms with van der Waals surface area (Å²) in [7, 11) is -4.22. The van der Waals surface area contributed by atoms with Crippen molar-refractivity contribution in [2.75, 3.05) is 19.9 Å². The largest absolute Gasteiger partial charge is 0.506 e. The summed E-state index contributed by atoms with van der Waals surface area (Å²) in [6.45, 7) is 15.6. The van der Waals surface area contributed by atoms with Crippen LogP contribution in [0.15, 0.2) is 18.2 Å². The topological polar surface area (TPSA) is 130 Å². The number of halogens is 1. The fourth-order valence-corrected chi connectivity index (χ4v) is 4.51. The lowest BCUT2D eigenvalue weighted by Crippen LogP contribution is -2.25. The molecule has 234 valence electrons. The molecular formula is C30H43FNO9P. The maximum Gasteiger partial charge on any atom is 0.373 e. The molecule has 0 saturated carbocycles. The van der Waals surface area contributed by atoms with Gasteiger partial charge >= 0.3 is 19.5 Å². The molecule has 0 fully saturated rings. The molecule has 1 aromatic heterocycles. The van der Waals surface area contributed by atoms with Gasteiger partial charge in [-0.2, -0.15) is 0 Å². The van der Waals surface area contributed by atoms with E-state index < -0.39 is 56.1 Å². The van der Waals surface area contributed by atoms with Crippen LogP contribution in [0.5, 0.6) is 11.5 Å². The first-order valence-electron chi connectivity index (χ1n) is 13.6. The zero-order valence-electron chi connectivity index (χ0n) is 26.1. The van der Waals surface area contributed by atoms with Crippen molar-refractivity contribution in [1.82, 2.24) is 4.98 Å². The maximum absolute atomic E-state index is 15.5. The van der Waals surface area contributed by atoms with Crippen LogP contribution in [0.2, 0.25) is 0 Å². The minimum atomic E-state index is -4.22. The number of hydrogen-bond donors (Lipinski definition) is 1. The van der Waals surface area contributed by atoms with E-state index in [1.165, 1.54) is 6.07 Å². The van der Waals surface area contributed by atoms with Gasteiger partial charge in [0.25, 0.3) is 0 Å². The van der Waals surface area contributed by atoms with E-state index in [9.17, 15) is 19.3 Å². The van der Waals surface area contributed by atoms with Gasteiger partial charge in [-0.05, 0) is 96.2 Å². The molecule has 2 aromatic rings. The van der Waals surface area contributed by atoms with Crippen LogP contribution in [0.1, 0.15) is 89.4 Å². The van der Waals surface area contributed by atoms with E-state index in [1.807, 2.05) is 13.8 Å². The zero-order chi connectivity index (χ0) is 32.0. The minimum Gasteiger partial charge on any atom is -0.506 e. The van der Waals surface area contributed by atoms with Crippen LogP contribution in [-0.2, 0) is 39.1 Å². The lowest BCUT2D eigenvalue weighted by Gasteiger charge is -2.22. The first-order chi connectivity index (χ1) is 19.2. The average Bonchev–Trinajstić information content (AvgIpc) is 2.87. The molecule has 0 saturated heterocycles. The third kappa shape index (κ3) is 9.78. The van der Waals surface area contributed by atoms with E-state index in [2.05, 4.69) is 4.98 Å². The van der Waals surface area contributed by atoms with Gasteiger partial charge in [0, 0.05) is 12.1 Å². The predicted molar refractivity (Wildman–Crippen MR) is 155 cm³/mol. The molecule has 0 unspecified atom stereocenters. The molecule has 1 N–H and O–H groups in total. The highest BCUT2D eigenvalue weighted by Gasteiger charge is 2.31. The summed E-state index contributed by atoms with van der Waals surface area (Å²) >= 11 is 0. The van der Waals surface area contributed by atoms with Crippen molar-refractivity contribution in [2.45, 2.75) is 81.6 Å². The van der Waals surface area contributed by atoms with E-state index >= 15 is 4.39 Å². The van der Waals surface area contributed by atoms with E-state index in [4.69, 9.17) is 23.3 Å². The number of carbonyl (C=O) groups excluding carboxylic acids is 2. The van der Waals surface area contributed by atoms with Gasteiger partial charge in [0.1, 0.15) is 5.75 Å². The van der Waals surface area contributed by atoms with Crippen LogP contribution in [0.3, 0.4) is 0 Å². The number of nitrogens with zero attached hydrogens (tertiary/aromatic N) is 1. The third-order valence-electron chi connectivity index (χ3n) is 6.17. The second kappa shape index (κ2) is 14.0. The smallest absolute Gasteiger partial charge is 0.373 e. The van der Waals surface area contributed by atoms with Crippen molar-refractivity contribution in [1.29, 1.82) is 0 Å². The van der Waals surface area contributed by atoms with E-state index in [0.717, 1.165) is 0 Å². The Morgan fingerprint density at radius 2 is 1.50 bits per heavy atom. The molecule has 42 heavy (non-hydrogen) atoms. The Balaban J connectivity index is 2.24. The molecule has 0 aliphatic carbocycles. The Morgan fingerprint density at radius 1 is 0.976 bits per heavy atom. The van der Waals surface area contributed by atoms with Crippen LogP contribution in [0.25, 0.3) is 0 Å². The molecule has 0 radical (unpaired) electrons. The molecule has 0 aliphatic rings. The number of pyridine rings is 1. The predicted octanol–water partition coefficient (Wildman–Crippen LogP) is 6.91. The SMILES string of the molecule is Cc1cc(OCP(=O)(OCOC(=O)C(C)(C)C)OCOC(=O)C(C)(C)C)c(F)c(C)c1Cc1ccc(O)c(C(C)C)n1. The molecule has 0 aliphatic heterocycles. The van der Waals surface area contributed by atoms with Gasteiger partial charge in [-0.1, -0.05) is 13.8 Å². The van der Waals surface area contributed by atoms with Crippen molar-refractivity contribution in [2.24, 2.45) is 10.8 Å². The Kier molecular flexibility index (Phi) is 11.7. The Labute approximate surface area is 247 Å². The number of aryl methyl sites for hydroxylation is 1. The Bertz CT molecular complexity index is 1290. The molecule has 2 rings (SSSR count). The quantitative estimate of drug-likeness (QED) is 0.153. The van der Waals surface area contributed by atoms with Crippen LogP contribution in [-0.4, -0.2) is 42.0 Å². The number of ether oxygens (including phenoxy) is 3. The molecule has 12 heteroatoms. The monoisotopic (exact) mass is 611 g/mol. The highest BCUT2D eigenvalue weighted by molar-refractivity contribution is 7.53. The molecule has 0 spiro atoms. The molecule has 1 heterocycles. The fraction of sp³-hybridized carbons (Fsp3) is 0.567. The van der Waals surface area contributed by atoms with Crippen LogP contribution < -0.4 is 4.74 Å². The van der Waals surface area contributed by atoms with Crippen LogP contribution >= 0.6 is 7.60 Å². The number of benzene rings is 1. The number of hydrogen-bond acceptors (Lipinski definition) is 10. The first kappa shape index (κ1) is 35.2. The average molecular weight is 612 g/mol. The summed E-state index contributed by atoms with van der Waals surface area (Å²) in [4.78, 5) is 28.7. The van der Waals surface area contributed by atoms with Crippen molar-refractivity contribution in [3.63, 3.8) is 0 Å². The van der Waals surface area contributed by atoms with Gasteiger partial charge in [0.15, 0.2) is 17.9 Å². The number of carbonyl (C=O) groups is 2. The van der Waals surface area contributed by atoms with Crippen molar-refractivity contribution in [3.05, 3.63) is 52.1 Å². The highest BCUT2D eigenvalue weighted by Crippen LogP contribution is 2.48. The van der Waals surface area contributed by atoms with Crippen molar-refractivity contribution in [3.8, 4) is 11.5 Å². The summed E-state index contributed by atoms with van der Waals surface area (Å²) in [6.07, 6.45) is -0.433. The number of aromatic hydroxyl groups is 1. The van der Waals surface area contributed by atoms with E-state index in [-0.39, 0.29) is 17.4 Å². The standard InChI is InChI=1S/C30H43FNO9P/c1-18(2)26-23(33)12-11-21(32-26)14-22-19(3)13-24(25(31)20(22)4)39-17-42(36,40-15-37-27(34)29(5,6)7)41-16-38-28(35)30(8,9)10/h11-13,18,33H,14-17H2,1-10H3. The summed E-state index contributed by atoms with van der Waals surface area (Å²) in [5, 5.41) is 10.1. The van der Waals surface area contributed by atoms with Gasteiger partial charge in [0.05, 0.1) is 16.5 Å². The molecule has 0 atom stereocenters. The second-order valence-corrected chi connectivity index (χ2v) is 14.4. The van der Waals surface area contributed by atoms with Crippen LogP contribution in [0.4, 0.5) is 4.39 Å². The number of aromatic nitrogens is 1. The highest BCUT2D eigenvalue weighted by atomic mass is 31.2. The maximum atomic E-state index is 15.5. The third-order valence-corrected chi connectivity index (χ3v) is 7.61. The summed E-state index contributed by atoms with van der Waals surface area (Å²) in [5.41, 5.74) is 1.24. The fourth-order valence-electron chi connectivity index (χ4n) is 3.57. The zero-order valence-corrected chi connectivity index (χ0v) is 27.0. The van der Waals surface area contributed by atoms with Gasteiger partial charge in [0.2, 0.25) is 13.6 Å². The Hall–Kier alpha value is -3.01. The summed E-state index contributed by atoms with van der Waals surface area (Å²) < 4.78 is 55.0. The molecule has 0 bridgehead atoms. The van der Waals surface area contributed by atoms with Crippen molar-refractivity contribution >= 4 is 19.5 Å².